The van der Waals surface area contributed by atoms with Crippen molar-refractivity contribution in [1.29, 1.82) is 0 Å². The van der Waals surface area contributed by atoms with Crippen LogP contribution in [-0.4, -0.2) is 0 Å². The van der Waals surface area contributed by atoms with Gasteiger partial charge in [0.25, 0.3) is 0 Å². The summed E-state index contributed by atoms with van der Waals surface area (Å²) in [6, 6.07) is 6.89. The molecule has 0 unspecified atom stereocenters. The third kappa shape index (κ3) is 1.61. The van der Waals surface area contributed by atoms with Gasteiger partial charge in [0.1, 0.15) is 0 Å². The molecule has 1 aromatic rings. The lowest BCUT2D eigenvalue weighted by atomic mass is 9.85. The Balaban J connectivity index is 2.43. The molecule has 0 amide bonds. The largest absolute Gasteiger partial charge is 0.0992 e. The first-order chi connectivity index (χ1) is 6.47. The molecular formula is C14H18. The summed E-state index contributed by atoms with van der Waals surface area (Å²) >= 11 is 0. The van der Waals surface area contributed by atoms with E-state index in [0.29, 0.717) is 0 Å². The van der Waals surface area contributed by atoms with Gasteiger partial charge in [0.15, 0.2) is 0 Å². The lowest BCUT2D eigenvalue weighted by molar-refractivity contribution is 0.589. The summed E-state index contributed by atoms with van der Waals surface area (Å²) < 4.78 is 0. The molecule has 0 spiro atoms. The number of hydrogen-bond acceptors (Lipinski definition) is 0. The summed E-state index contributed by atoms with van der Waals surface area (Å²) in [4.78, 5) is 0. The molecule has 0 saturated heterocycles. The summed E-state index contributed by atoms with van der Waals surface area (Å²) in [5.41, 5.74) is 6.02. The second-order valence-electron chi connectivity index (χ2n) is 5.34. The van der Waals surface area contributed by atoms with Gasteiger partial charge in [-0.15, -0.1) is 0 Å². The molecule has 0 heterocycles. The van der Waals surface area contributed by atoms with Crippen molar-refractivity contribution < 1.29 is 0 Å². The molecule has 0 atom stereocenters. The molecule has 1 aliphatic carbocycles. The molecule has 14 heavy (non-hydrogen) atoms. The Morgan fingerprint density at radius 3 is 2.36 bits per heavy atom. The number of fused-ring (bicyclic) bond motifs is 1. The Kier molecular flexibility index (Phi) is 2.02. The van der Waals surface area contributed by atoms with Crippen LogP contribution in [0.15, 0.2) is 30.4 Å². The Morgan fingerprint density at radius 1 is 1.07 bits per heavy atom. The lowest BCUT2D eigenvalue weighted by Gasteiger charge is -2.19. The third-order valence-electron chi connectivity index (χ3n) is 2.95. The number of hydrogen-bond donors (Lipinski definition) is 0. The SMILES string of the molecule is C=C1Cc2ccc(C(C)(C)C)cc2C1. The molecule has 0 aliphatic heterocycles. The van der Waals surface area contributed by atoms with Crippen LogP contribution in [0, 0.1) is 0 Å². The van der Waals surface area contributed by atoms with Crippen molar-refractivity contribution in [3.05, 3.63) is 47.0 Å². The molecule has 0 bridgehead atoms. The Hall–Kier alpha value is -1.04. The fraction of sp³-hybridized carbons (Fsp3) is 0.429. The zero-order valence-corrected chi connectivity index (χ0v) is 9.35. The molecule has 0 saturated carbocycles. The van der Waals surface area contributed by atoms with Crippen LogP contribution in [0.5, 0.6) is 0 Å². The second-order valence-corrected chi connectivity index (χ2v) is 5.34. The van der Waals surface area contributed by atoms with Crippen LogP contribution >= 0.6 is 0 Å². The number of benzene rings is 1. The first-order valence-corrected chi connectivity index (χ1v) is 5.26. The zero-order valence-electron chi connectivity index (χ0n) is 9.35. The van der Waals surface area contributed by atoms with Gasteiger partial charge in [-0.2, -0.15) is 0 Å². The quantitative estimate of drug-likeness (QED) is 0.543. The van der Waals surface area contributed by atoms with Gasteiger partial charge in [0, 0.05) is 0 Å². The van der Waals surface area contributed by atoms with E-state index in [1.165, 1.54) is 22.3 Å². The average molecular weight is 186 g/mol. The first kappa shape index (κ1) is 9.51. The highest BCUT2D eigenvalue weighted by molar-refractivity contribution is 5.43. The minimum Gasteiger partial charge on any atom is -0.0992 e. The van der Waals surface area contributed by atoms with Crippen molar-refractivity contribution in [3.63, 3.8) is 0 Å². The van der Waals surface area contributed by atoms with Gasteiger partial charge in [-0.1, -0.05) is 51.1 Å². The van der Waals surface area contributed by atoms with Crippen molar-refractivity contribution >= 4 is 0 Å². The molecule has 2 rings (SSSR count). The molecule has 0 aromatic heterocycles. The summed E-state index contributed by atoms with van der Waals surface area (Å²) in [5.74, 6) is 0. The minimum absolute atomic E-state index is 0.263. The number of rotatable bonds is 0. The maximum atomic E-state index is 4.06. The maximum absolute atomic E-state index is 4.06. The molecule has 1 aliphatic rings. The normalized spacial score (nSPS) is 15.8. The molecule has 0 nitrogen and oxygen atoms in total. The maximum Gasteiger partial charge on any atom is -0.00635 e. The van der Waals surface area contributed by atoms with Crippen LogP contribution in [-0.2, 0) is 18.3 Å². The van der Waals surface area contributed by atoms with Crippen molar-refractivity contribution in [1.82, 2.24) is 0 Å². The highest BCUT2D eigenvalue weighted by Gasteiger charge is 2.18. The second kappa shape index (κ2) is 2.98. The van der Waals surface area contributed by atoms with Crippen molar-refractivity contribution in [2.75, 3.05) is 0 Å². The monoisotopic (exact) mass is 186 g/mol. The number of allylic oxidation sites excluding steroid dienone is 1. The van der Waals surface area contributed by atoms with Crippen LogP contribution in [0.25, 0.3) is 0 Å². The highest BCUT2D eigenvalue weighted by Crippen LogP contribution is 2.30. The van der Waals surface area contributed by atoms with Gasteiger partial charge in [0.2, 0.25) is 0 Å². The van der Waals surface area contributed by atoms with E-state index in [1.807, 2.05) is 0 Å². The smallest absolute Gasteiger partial charge is 0.00635 e. The minimum atomic E-state index is 0.263. The summed E-state index contributed by atoms with van der Waals surface area (Å²) in [6.45, 7) is 10.8. The zero-order chi connectivity index (χ0) is 10.3. The van der Waals surface area contributed by atoms with Gasteiger partial charge >= 0.3 is 0 Å². The van der Waals surface area contributed by atoms with E-state index in [2.05, 4.69) is 45.5 Å². The fourth-order valence-electron chi connectivity index (χ4n) is 2.03. The van der Waals surface area contributed by atoms with Crippen LogP contribution in [0.1, 0.15) is 37.5 Å². The topological polar surface area (TPSA) is 0 Å². The predicted octanol–water partition coefficient (Wildman–Crippen LogP) is 3.64. The lowest BCUT2D eigenvalue weighted by Crippen LogP contribution is -2.11. The van der Waals surface area contributed by atoms with E-state index >= 15 is 0 Å². The first-order valence-electron chi connectivity index (χ1n) is 5.26. The fourth-order valence-corrected chi connectivity index (χ4v) is 2.03. The molecule has 74 valence electrons. The molecule has 1 aromatic carbocycles. The van der Waals surface area contributed by atoms with E-state index in [-0.39, 0.29) is 5.41 Å². The van der Waals surface area contributed by atoms with Gasteiger partial charge in [-0.3, -0.25) is 0 Å². The predicted molar refractivity (Wildman–Crippen MR) is 61.7 cm³/mol. The van der Waals surface area contributed by atoms with Crippen LogP contribution < -0.4 is 0 Å². The van der Waals surface area contributed by atoms with E-state index in [0.717, 1.165) is 12.8 Å². The van der Waals surface area contributed by atoms with Gasteiger partial charge in [0.05, 0.1) is 0 Å². The van der Waals surface area contributed by atoms with Crippen molar-refractivity contribution in [2.24, 2.45) is 0 Å². The van der Waals surface area contributed by atoms with E-state index in [1.54, 1.807) is 0 Å². The van der Waals surface area contributed by atoms with Gasteiger partial charge in [-0.25, -0.2) is 0 Å². The van der Waals surface area contributed by atoms with Crippen molar-refractivity contribution in [2.45, 2.75) is 39.0 Å². The molecule has 0 radical (unpaired) electrons. The highest BCUT2D eigenvalue weighted by atomic mass is 14.2. The average Bonchev–Trinajstić information content (AvgIpc) is 2.41. The van der Waals surface area contributed by atoms with Gasteiger partial charge < -0.3 is 0 Å². The summed E-state index contributed by atoms with van der Waals surface area (Å²) in [5, 5.41) is 0. The van der Waals surface area contributed by atoms with E-state index < -0.39 is 0 Å². The van der Waals surface area contributed by atoms with Crippen molar-refractivity contribution in [3.8, 4) is 0 Å². The molecule has 0 fully saturated rings. The standard InChI is InChI=1S/C14H18/c1-10-7-11-5-6-13(14(2,3)4)9-12(11)8-10/h5-6,9H,1,7-8H2,2-4H3. The Morgan fingerprint density at radius 2 is 1.71 bits per heavy atom. The van der Waals surface area contributed by atoms with Crippen LogP contribution in [0.3, 0.4) is 0 Å². The van der Waals surface area contributed by atoms with Crippen LogP contribution in [0.2, 0.25) is 0 Å². The van der Waals surface area contributed by atoms with Gasteiger partial charge in [-0.05, 0) is 34.9 Å². The van der Waals surface area contributed by atoms with Crippen LogP contribution in [0.4, 0.5) is 0 Å². The molecular weight excluding hydrogens is 168 g/mol. The Labute approximate surface area is 86.7 Å². The molecule has 0 N–H and O–H groups in total. The van der Waals surface area contributed by atoms with E-state index in [9.17, 15) is 0 Å². The molecule has 0 heteroatoms. The third-order valence-corrected chi connectivity index (χ3v) is 2.95. The summed E-state index contributed by atoms with van der Waals surface area (Å²) in [6.07, 6.45) is 2.17. The van der Waals surface area contributed by atoms with E-state index in [4.69, 9.17) is 0 Å². The summed E-state index contributed by atoms with van der Waals surface area (Å²) in [7, 11) is 0. The Bertz CT molecular complexity index is 378.